The molecule has 1 atom stereocenters. The molecule has 2 rings (SSSR count). The summed E-state index contributed by atoms with van der Waals surface area (Å²) in [6.45, 7) is 3.83. The van der Waals surface area contributed by atoms with Crippen LogP contribution in [0.3, 0.4) is 0 Å². The maximum Gasteiger partial charge on any atom is 0.321 e. The summed E-state index contributed by atoms with van der Waals surface area (Å²) < 4.78 is 5.01. The summed E-state index contributed by atoms with van der Waals surface area (Å²) in [4.78, 5) is 10.7. The molecule has 1 aromatic carbocycles. The highest BCUT2D eigenvalue weighted by Gasteiger charge is 2.14. The molecule has 19 heavy (non-hydrogen) atoms. The number of aliphatic carboxylic acids is 1. The maximum atomic E-state index is 10.7. The number of morpholine rings is 1. The fourth-order valence-corrected chi connectivity index (χ4v) is 1.68. The number of carboxylic acids is 1. The monoisotopic (exact) mass is 266 g/mol. The van der Waals surface area contributed by atoms with Gasteiger partial charge >= 0.3 is 5.97 Å². The third kappa shape index (κ3) is 6.91. The molecule has 1 aliphatic rings. The van der Waals surface area contributed by atoms with Gasteiger partial charge in [0.25, 0.3) is 0 Å². The van der Waals surface area contributed by atoms with Crippen LogP contribution in [0.5, 0.6) is 0 Å². The van der Waals surface area contributed by atoms with E-state index in [1.54, 1.807) is 7.05 Å². The summed E-state index contributed by atoms with van der Waals surface area (Å²) in [5.41, 5.74) is 1.03. The van der Waals surface area contributed by atoms with Crippen molar-refractivity contribution in [1.29, 1.82) is 0 Å². The molecule has 5 nitrogen and oxygen atoms in total. The number of carboxylic acid groups (broad SMARTS) is 1. The zero-order valence-electron chi connectivity index (χ0n) is 11.3. The van der Waals surface area contributed by atoms with Crippen LogP contribution < -0.4 is 10.6 Å². The second kappa shape index (κ2) is 9.49. The lowest BCUT2D eigenvalue weighted by Crippen LogP contribution is -2.35. The van der Waals surface area contributed by atoms with Crippen molar-refractivity contribution in [3.8, 4) is 0 Å². The van der Waals surface area contributed by atoms with Crippen molar-refractivity contribution in [2.24, 2.45) is 0 Å². The van der Waals surface area contributed by atoms with Crippen molar-refractivity contribution in [1.82, 2.24) is 10.6 Å². The molecule has 1 unspecified atom stereocenters. The largest absolute Gasteiger partial charge is 0.480 e. The number of rotatable bonds is 4. The number of nitrogens with one attached hydrogen (secondary N) is 2. The van der Waals surface area contributed by atoms with Gasteiger partial charge in [-0.15, -0.1) is 0 Å². The molecule has 106 valence electrons. The molecule has 0 spiro atoms. The van der Waals surface area contributed by atoms with Crippen LogP contribution in [-0.2, 0) is 16.0 Å². The fourth-order valence-electron chi connectivity index (χ4n) is 1.68. The third-order valence-corrected chi connectivity index (χ3v) is 2.78. The summed E-state index contributed by atoms with van der Waals surface area (Å²) in [7, 11) is 1.65. The summed E-state index contributed by atoms with van der Waals surface area (Å²) in [6.07, 6.45) is 0.521. The molecular weight excluding hydrogens is 244 g/mol. The summed E-state index contributed by atoms with van der Waals surface area (Å²) in [5.74, 6) is -0.814. The van der Waals surface area contributed by atoms with Crippen molar-refractivity contribution in [2.45, 2.75) is 12.5 Å². The number of carbonyl (C=O) groups is 1. The van der Waals surface area contributed by atoms with Crippen LogP contribution in [0, 0.1) is 0 Å². The van der Waals surface area contributed by atoms with E-state index < -0.39 is 12.0 Å². The average Bonchev–Trinajstić information content (AvgIpc) is 2.48. The molecule has 1 heterocycles. The third-order valence-electron chi connectivity index (χ3n) is 2.78. The van der Waals surface area contributed by atoms with E-state index in [1.807, 2.05) is 30.3 Å². The second-order valence-electron chi connectivity index (χ2n) is 4.23. The van der Waals surface area contributed by atoms with Gasteiger partial charge in [0.05, 0.1) is 13.2 Å². The van der Waals surface area contributed by atoms with E-state index in [2.05, 4.69) is 10.6 Å². The molecule has 1 saturated heterocycles. The van der Waals surface area contributed by atoms with Gasteiger partial charge in [-0.05, 0) is 19.0 Å². The molecule has 1 aliphatic heterocycles. The topological polar surface area (TPSA) is 70.6 Å². The average molecular weight is 266 g/mol. The first-order valence-corrected chi connectivity index (χ1v) is 6.46. The summed E-state index contributed by atoms with van der Waals surface area (Å²) in [6, 6.07) is 9.08. The minimum Gasteiger partial charge on any atom is -0.480 e. The van der Waals surface area contributed by atoms with Crippen LogP contribution in [0.15, 0.2) is 30.3 Å². The highest BCUT2D eigenvalue weighted by Crippen LogP contribution is 2.02. The van der Waals surface area contributed by atoms with Crippen molar-refractivity contribution >= 4 is 5.97 Å². The Morgan fingerprint density at radius 2 is 2.00 bits per heavy atom. The van der Waals surface area contributed by atoms with Gasteiger partial charge in [0.15, 0.2) is 0 Å². The van der Waals surface area contributed by atoms with Gasteiger partial charge in [-0.3, -0.25) is 4.79 Å². The van der Waals surface area contributed by atoms with Crippen LogP contribution in [0.4, 0.5) is 0 Å². The predicted molar refractivity (Wildman–Crippen MR) is 74.3 cm³/mol. The van der Waals surface area contributed by atoms with Gasteiger partial charge in [0.2, 0.25) is 0 Å². The van der Waals surface area contributed by atoms with E-state index in [0.29, 0.717) is 6.42 Å². The number of likely N-dealkylation sites (N-methyl/N-ethyl adjacent to an activating group) is 1. The lowest BCUT2D eigenvalue weighted by molar-refractivity contribution is -0.139. The second-order valence-corrected chi connectivity index (χ2v) is 4.23. The molecule has 1 fully saturated rings. The quantitative estimate of drug-likeness (QED) is 0.740. The van der Waals surface area contributed by atoms with Gasteiger partial charge in [0, 0.05) is 13.1 Å². The van der Waals surface area contributed by atoms with Crippen LogP contribution in [0.2, 0.25) is 0 Å². The molecule has 0 bridgehead atoms. The van der Waals surface area contributed by atoms with Gasteiger partial charge < -0.3 is 20.5 Å². The van der Waals surface area contributed by atoms with E-state index in [-0.39, 0.29) is 0 Å². The van der Waals surface area contributed by atoms with Crippen molar-refractivity contribution in [2.75, 3.05) is 33.4 Å². The first kappa shape index (κ1) is 15.6. The molecule has 0 amide bonds. The number of hydrogen-bond acceptors (Lipinski definition) is 4. The standard InChI is InChI=1S/C10H13NO2.C4H9NO/c1-11-9(10(12)13)7-8-5-3-2-4-6-8;1-3-6-4-2-5-1/h2-6,9,11H,7H2,1H3,(H,12,13);5H,1-4H2. The van der Waals surface area contributed by atoms with Crippen molar-refractivity contribution in [3.05, 3.63) is 35.9 Å². The molecule has 3 N–H and O–H groups in total. The minimum atomic E-state index is -0.814. The number of ether oxygens (including phenoxy) is 1. The van der Waals surface area contributed by atoms with Crippen molar-refractivity contribution < 1.29 is 14.6 Å². The predicted octanol–water partition coefficient (Wildman–Crippen LogP) is 0.508. The first-order valence-electron chi connectivity index (χ1n) is 6.46. The smallest absolute Gasteiger partial charge is 0.321 e. The Kier molecular flexibility index (Phi) is 7.81. The van der Waals surface area contributed by atoms with E-state index in [0.717, 1.165) is 31.9 Å². The SMILES string of the molecule is C1COCCN1.CNC(Cc1ccccc1)C(=O)O. The van der Waals surface area contributed by atoms with Crippen LogP contribution in [-0.4, -0.2) is 50.5 Å². The number of benzene rings is 1. The van der Waals surface area contributed by atoms with Crippen LogP contribution >= 0.6 is 0 Å². The Balaban J connectivity index is 0.000000250. The van der Waals surface area contributed by atoms with Gasteiger partial charge in [0.1, 0.15) is 6.04 Å². The molecular formula is C14H22N2O3. The van der Waals surface area contributed by atoms with Crippen LogP contribution in [0.1, 0.15) is 5.56 Å². The Morgan fingerprint density at radius 1 is 1.37 bits per heavy atom. The highest BCUT2D eigenvalue weighted by atomic mass is 16.5. The van der Waals surface area contributed by atoms with E-state index >= 15 is 0 Å². The summed E-state index contributed by atoms with van der Waals surface area (Å²) in [5, 5.41) is 14.7. The molecule has 1 aromatic rings. The van der Waals surface area contributed by atoms with E-state index in [9.17, 15) is 4.79 Å². The highest BCUT2D eigenvalue weighted by molar-refractivity contribution is 5.73. The Labute approximate surface area is 114 Å². The van der Waals surface area contributed by atoms with Gasteiger partial charge in [-0.25, -0.2) is 0 Å². The Bertz CT molecular complexity index is 341. The number of hydrogen-bond donors (Lipinski definition) is 3. The molecule has 0 aromatic heterocycles. The van der Waals surface area contributed by atoms with Crippen LogP contribution in [0.25, 0.3) is 0 Å². The molecule has 5 heteroatoms. The molecule has 0 radical (unpaired) electrons. The minimum absolute atomic E-state index is 0.498. The lowest BCUT2D eigenvalue weighted by atomic mass is 10.1. The maximum absolute atomic E-state index is 10.7. The normalized spacial score (nSPS) is 16.1. The first-order chi connectivity index (χ1) is 9.24. The van der Waals surface area contributed by atoms with E-state index in [4.69, 9.17) is 9.84 Å². The lowest BCUT2D eigenvalue weighted by Gasteiger charge is -2.10. The van der Waals surface area contributed by atoms with Gasteiger partial charge in [-0.1, -0.05) is 30.3 Å². The molecule has 0 aliphatic carbocycles. The fraction of sp³-hybridized carbons (Fsp3) is 0.500. The zero-order valence-corrected chi connectivity index (χ0v) is 11.3. The zero-order chi connectivity index (χ0) is 13.9. The Hall–Kier alpha value is -1.43. The summed E-state index contributed by atoms with van der Waals surface area (Å²) >= 11 is 0. The Morgan fingerprint density at radius 3 is 2.37 bits per heavy atom. The van der Waals surface area contributed by atoms with Gasteiger partial charge in [-0.2, -0.15) is 0 Å². The van der Waals surface area contributed by atoms with E-state index in [1.165, 1.54) is 0 Å². The van der Waals surface area contributed by atoms with Crippen molar-refractivity contribution in [3.63, 3.8) is 0 Å². The molecule has 0 saturated carbocycles.